The van der Waals surface area contributed by atoms with Gasteiger partial charge in [0.15, 0.2) is 0 Å². The molecule has 2 aromatic rings. The van der Waals surface area contributed by atoms with Gasteiger partial charge in [-0.3, -0.25) is 4.98 Å². The highest BCUT2D eigenvalue weighted by molar-refractivity contribution is 5.90. The second-order valence-corrected chi connectivity index (χ2v) is 5.82. The molecule has 0 radical (unpaired) electrons. The summed E-state index contributed by atoms with van der Waals surface area (Å²) in [6, 6.07) is 9.97. The van der Waals surface area contributed by atoms with Crippen LogP contribution in [0.5, 0.6) is 0 Å². The highest BCUT2D eigenvalue weighted by Crippen LogP contribution is 2.23. The van der Waals surface area contributed by atoms with E-state index < -0.39 is 5.60 Å². The number of aliphatic hydroxyl groups is 1. The molecule has 1 aromatic heterocycles. The first-order valence-electron chi connectivity index (χ1n) is 6.78. The van der Waals surface area contributed by atoms with Crippen LogP contribution in [0.25, 0.3) is 10.9 Å². The van der Waals surface area contributed by atoms with Crippen molar-refractivity contribution in [3.63, 3.8) is 0 Å². The average molecular weight is 258 g/mol. The summed E-state index contributed by atoms with van der Waals surface area (Å²) < 4.78 is 0. The van der Waals surface area contributed by atoms with Crippen LogP contribution in [0.2, 0.25) is 0 Å². The number of anilines is 1. The molecule has 1 unspecified atom stereocenters. The van der Waals surface area contributed by atoms with E-state index in [1.807, 2.05) is 37.3 Å². The van der Waals surface area contributed by atoms with Gasteiger partial charge >= 0.3 is 0 Å². The Labute approximate surface area is 114 Å². The Morgan fingerprint density at radius 3 is 2.74 bits per heavy atom. The van der Waals surface area contributed by atoms with Gasteiger partial charge in [0.1, 0.15) is 0 Å². The molecule has 102 valence electrons. The highest BCUT2D eigenvalue weighted by atomic mass is 16.3. The van der Waals surface area contributed by atoms with Crippen LogP contribution in [-0.4, -0.2) is 22.2 Å². The quantitative estimate of drug-likeness (QED) is 0.863. The Morgan fingerprint density at radius 1 is 1.26 bits per heavy atom. The van der Waals surface area contributed by atoms with Gasteiger partial charge in [-0.15, -0.1) is 0 Å². The molecule has 3 nitrogen and oxygen atoms in total. The van der Waals surface area contributed by atoms with Crippen LogP contribution >= 0.6 is 0 Å². The lowest BCUT2D eigenvalue weighted by Crippen LogP contribution is -2.34. The van der Waals surface area contributed by atoms with Crippen LogP contribution in [0, 0.1) is 5.92 Å². The van der Waals surface area contributed by atoms with E-state index in [9.17, 15) is 5.11 Å². The number of nitrogens with zero attached hydrogens (tertiary/aromatic N) is 1. The van der Waals surface area contributed by atoms with E-state index in [1.165, 1.54) is 0 Å². The summed E-state index contributed by atoms with van der Waals surface area (Å²) in [5.41, 5.74) is 1.30. The molecule has 0 saturated carbocycles. The van der Waals surface area contributed by atoms with Crippen LogP contribution in [-0.2, 0) is 0 Å². The Morgan fingerprint density at radius 2 is 2.00 bits per heavy atom. The van der Waals surface area contributed by atoms with Gasteiger partial charge in [-0.2, -0.15) is 0 Å². The second-order valence-electron chi connectivity index (χ2n) is 5.82. The third-order valence-corrected chi connectivity index (χ3v) is 3.16. The third kappa shape index (κ3) is 3.67. The van der Waals surface area contributed by atoms with Crippen LogP contribution in [0.3, 0.4) is 0 Å². The monoisotopic (exact) mass is 258 g/mol. The third-order valence-electron chi connectivity index (χ3n) is 3.16. The zero-order chi connectivity index (χ0) is 13.9. The Balaban J connectivity index is 2.14. The topological polar surface area (TPSA) is 45.1 Å². The molecule has 0 aliphatic carbocycles. The lowest BCUT2D eigenvalue weighted by Gasteiger charge is -2.26. The predicted octanol–water partition coefficient (Wildman–Crippen LogP) is 3.44. The zero-order valence-corrected chi connectivity index (χ0v) is 11.9. The van der Waals surface area contributed by atoms with Crippen molar-refractivity contribution >= 4 is 16.6 Å². The Hall–Kier alpha value is -1.61. The Bertz CT molecular complexity index is 544. The molecule has 3 heteroatoms. The van der Waals surface area contributed by atoms with Gasteiger partial charge in [-0.1, -0.05) is 32.0 Å². The van der Waals surface area contributed by atoms with E-state index in [0.717, 1.165) is 23.0 Å². The van der Waals surface area contributed by atoms with Crippen LogP contribution in [0.15, 0.2) is 36.5 Å². The van der Waals surface area contributed by atoms with Crippen molar-refractivity contribution < 1.29 is 5.11 Å². The van der Waals surface area contributed by atoms with Gasteiger partial charge in [0.2, 0.25) is 0 Å². The number of hydrogen-bond donors (Lipinski definition) is 2. The molecule has 1 heterocycles. The van der Waals surface area contributed by atoms with Gasteiger partial charge < -0.3 is 10.4 Å². The van der Waals surface area contributed by atoms with Gasteiger partial charge in [-0.05, 0) is 31.4 Å². The SMILES string of the molecule is CC(C)CC(C)(O)CNc1ccnc2ccccc12. The van der Waals surface area contributed by atoms with Crippen LogP contribution in [0.4, 0.5) is 5.69 Å². The van der Waals surface area contributed by atoms with Crippen LogP contribution in [0.1, 0.15) is 27.2 Å². The van der Waals surface area contributed by atoms with Gasteiger partial charge in [0.05, 0.1) is 11.1 Å². The molecule has 0 amide bonds. The van der Waals surface area contributed by atoms with E-state index in [4.69, 9.17) is 0 Å². The minimum atomic E-state index is -0.696. The molecule has 0 aliphatic heterocycles. The lowest BCUT2D eigenvalue weighted by molar-refractivity contribution is 0.0516. The standard InChI is InChI=1S/C16H22N2O/c1-12(2)10-16(3,19)11-18-15-8-9-17-14-7-5-4-6-13(14)15/h4-9,12,19H,10-11H2,1-3H3,(H,17,18). The molecular formula is C16H22N2O. The van der Waals surface area contributed by atoms with E-state index in [-0.39, 0.29) is 0 Å². The molecule has 2 N–H and O–H groups in total. The molecule has 2 rings (SSSR count). The number of rotatable bonds is 5. The van der Waals surface area contributed by atoms with Gasteiger partial charge in [-0.25, -0.2) is 0 Å². The average Bonchev–Trinajstić information content (AvgIpc) is 2.35. The summed E-state index contributed by atoms with van der Waals surface area (Å²) in [6.07, 6.45) is 2.57. The van der Waals surface area contributed by atoms with Crippen molar-refractivity contribution in [1.82, 2.24) is 4.98 Å². The maximum Gasteiger partial charge on any atom is 0.0793 e. The second kappa shape index (κ2) is 5.57. The maximum atomic E-state index is 10.3. The zero-order valence-electron chi connectivity index (χ0n) is 11.9. The van der Waals surface area contributed by atoms with Crippen LogP contribution < -0.4 is 5.32 Å². The van der Waals surface area contributed by atoms with E-state index in [1.54, 1.807) is 6.20 Å². The molecule has 0 bridgehead atoms. The molecule has 19 heavy (non-hydrogen) atoms. The normalized spacial score (nSPS) is 14.6. The van der Waals surface area contributed by atoms with Gasteiger partial charge in [0, 0.05) is 23.8 Å². The van der Waals surface area contributed by atoms with Crippen molar-refractivity contribution in [2.75, 3.05) is 11.9 Å². The fourth-order valence-corrected chi connectivity index (χ4v) is 2.49. The van der Waals surface area contributed by atoms with E-state index in [2.05, 4.69) is 24.1 Å². The summed E-state index contributed by atoms with van der Waals surface area (Å²) >= 11 is 0. The summed E-state index contributed by atoms with van der Waals surface area (Å²) in [7, 11) is 0. The van der Waals surface area contributed by atoms with Crippen molar-refractivity contribution in [2.45, 2.75) is 32.8 Å². The number of para-hydroxylation sites is 1. The fraction of sp³-hybridized carbons (Fsp3) is 0.438. The van der Waals surface area contributed by atoms with E-state index >= 15 is 0 Å². The summed E-state index contributed by atoms with van der Waals surface area (Å²) in [5.74, 6) is 0.478. The predicted molar refractivity (Wildman–Crippen MR) is 80.3 cm³/mol. The first-order chi connectivity index (χ1) is 8.98. The summed E-state index contributed by atoms with van der Waals surface area (Å²) in [6.45, 7) is 6.66. The number of nitrogens with one attached hydrogen (secondary N) is 1. The molecule has 0 aliphatic rings. The largest absolute Gasteiger partial charge is 0.388 e. The number of hydrogen-bond acceptors (Lipinski definition) is 3. The van der Waals surface area contributed by atoms with Gasteiger partial charge in [0.25, 0.3) is 0 Å². The number of benzene rings is 1. The number of aromatic nitrogens is 1. The van der Waals surface area contributed by atoms with Crippen molar-refractivity contribution in [3.05, 3.63) is 36.5 Å². The molecule has 1 aromatic carbocycles. The fourth-order valence-electron chi connectivity index (χ4n) is 2.49. The Kier molecular flexibility index (Phi) is 4.05. The summed E-state index contributed by atoms with van der Waals surface area (Å²) in [4.78, 5) is 4.33. The molecule has 1 atom stereocenters. The van der Waals surface area contributed by atoms with E-state index in [0.29, 0.717) is 12.5 Å². The first-order valence-corrected chi connectivity index (χ1v) is 6.78. The smallest absolute Gasteiger partial charge is 0.0793 e. The highest BCUT2D eigenvalue weighted by Gasteiger charge is 2.21. The maximum absolute atomic E-state index is 10.3. The van der Waals surface area contributed by atoms with Crippen molar-refractivity contribution in [3.8, 4) is 0 Å². The van der Waals surface area contributed by atoms with Crippen molar-refractivity contribution in [2.24, 2.45) is 5.92 Å². The lowest BCUT2D eigenvalue weighted by atomic mass is 9.94. The number of fused-ring (bicyclic) bond motifs is 1. The first kappa shape index (κ1) is 13.8. The van der Waals surface area contributed by atoms with Crippen molar-refractivity contribution in [1.29, 1.82) is 0 Å². The minimum Gasteiger partial charge on any atom is -0.388 e. The molecule has 0 saturated heterocycles. The summed E-state index contributed by atoms with van der Waals surface area (Å²) in [5, 5.41) is 14.8. The number of pyridine rings is 1. The molecular weight excluding hydrogens is 236 g/mol. The minimum absolute atomic E-state index is 0.478. The molecule has 0 fully saturated rings. The molecule has 0 spiro atoms.